The zero-order valence-corrected chi connectivity index (χ0v) is 21.7. The van der Waals surface area contributed by atoms with Crippen LogP contribution in [0.15, 0.2) is 88.4 Å². The molecule has 2 aromatic heterocycles. The number of fused-ring (bicyclic) bond motifs is 1. The number of rotatable bonds is 11. The van der Waals surface area contributed by atoms with Gasteiger partial charge in [-0.05, 0) is 80.3 Å². The zero-order chi connectivity index (χ0) is 26.3. The number of benzene rings is 2. The number of unbranched alkanes of at least 4 members (excludes halogenated alkanes) is 1. The van der Waals surface area contributed by atoms with E-state index in [4.69, 9.17) is 9.90 Å². The Kier molecular flexibility index (Phi) is 11.4. The van der Waals surface area contributed by atoms with Crippen molar-refractivity contribution in [2.75, 3.05) is 11.9 Å². The molecule has 0 atom stereocenters. The lowest BCUT2D eigenvalue weighted by atomic mass is 10.1. The first-order valence-corrected chi connectivity index (χ1v) is 13.1. The van der Waals surface area contributed by atoms with Crippen LogP contribution in [0.25, 0.3) is 23.1 Å². The lowest BCUT2D eigenvalue weighted by Crippen LogP contribution is -2.01. The molecule has 1 amide bonds. The molecular formula is C29H33N5O2S. The minimum atomic E-state index is 0.239. The topological polar surface area (TPSA) is 117 Å². The van der Waals surface area contributed by atoms with Crippen LogP contribution in [0.5, 0.6) is 0 Å². The van der Waals surface area contributed by atoms with Gasteiger partial charge in [0.25, 0.3) is 0 Å². The Bertz CT molecular complexity index is 1320. The van der Waals surface area contributed by atoms with Gasteiger partial charge in [0.15, 0.2) is 0 Å². The second kappa shape index (κ2) is 15.3. The standard InChI is InChI=1S/C28H30N4OS.CH3NO/c1-2-9-22(11-6-8-19-33)30-26-12-3-4-13-28(26)34-23-15-16-24-25(31-32-27(24)20-23)17-14-21-10-5-7-18-29-21;2-1-3/h3-5,7,9-10,12-18,20,30,33H,2,6,8,11,19H2,1H3,(H,31,32);1H,(H2,2,3)/b17-14+,22-9?;. The van der Waals surface area contributed by atoms with E-state index in [0.717, 1.165) is 58.6 Å². The third-order valence-corrected chi connectivity index (χ3v) is 6.44. The van der Waals surface area contributed by atoms with Gasteiger partial charge in [-0.1, -0.05) is 43.0 Å². The minimum Gasteiger partial charge on any atom is -0.396 e. The van der Waals surface area contributed by atoms with Crippen molar-refractivity contribution in [1.82, 2.24) is 15.2 Å². The molecule has 192 valence electrons. The van der Waals surface area contributed by atoms with Gasteiger partial charge in [-0.15, -0.1) is 0 Å². The number of allylic oxidation sites excluding steroid dienone is 2. The number of amides is 1. The van der Waals surface area contributed by atoms with E-state index in [-0.39, 0.29) is 13.0 Å². The number of nitrogens with zero attached hydrogens (tertiary/aromatic N) is 2. The molecule has 0 radical (unpaired) electrons. The molecule has 0 aliphatic carbocycles. The number of anilines is 1. The highest BCUT2D eigenvalue weighted by Crippen LogP contribution is 2.36. The predicted octanol–water partition coefficient (Wildman–Crippen LogP) is 6.25. The van der Waals surface area contributed by atoms with E-state index in [2.05, 4.69) is 81.7 Å². The van der Waals surface area contributed by atoms with Gasteiger partial charge >= 0.3 is 0 Å². The molecule has 0 aliphatic heterocycles. The van der Waals surface area contributed by atoms with Crippen LogP contribution in [0.3, 0.4) is 0 Å². The molecule has 4 rings (SSSR count). The van der Waals surface area contributed by atoms with Crippen LogP contribution in [0, 0.1) is 0 Å². The number of para-hydroxylation sites is 1. The van der Waals surface area contributed by atoms with Gasteiger partial charge in [0.1, 0.15) is 0 Å². The van der Waals surface area contributed by atoms with Crippen LogP contribution < -0.4 is 11.1 Å². The van der Waals surface area contributed by atoms with Crippen LogP contribution in [-0.4, -0.2) is 33.3 Å². The van der Waals surface area contributed by atoms with Gasteiger partial charge in [-0.2, -0.15) is 5.10 Å². The third kappa shape index (κ3) is 8.63. The Morgan fingerprint density at radius 1 is 1.11 bits per heavy atom. The highest BCUT2D eigenvalue weighted by molar-refractivity contribution is 7.99. The van der Waals surface area contributed by atoms with Gasteiger partial charge in [0, 0.05) is 33.7 Å². The van der Waals surface area contributed by atoms with E-state index in [1.165, 1.54) is 10.6 Å². The molecule has 37 heavy (non-hydrogen) atoms. The van der Waals surface area contributed by atoms with Crippen LogP contribution >= 0.6 is 11.8 Å². The molecule has 2 heterocycles. The van der Waals surface area contributed by atoms with E-state index >= 15 is 0 Å². The summed E-state index contributed by atoms with van der Waals surface area (Å²) >= 11 is 1.73. The number of aliphatic hydroxyl groups is 1. The van der Waals surface area contributed by atoms with E-state index in [1.807, 2.05) is 30.4 Å². The summed E-state index contributed by atoms with van der Waals surface area (Å²) in [6.07, 6.45) is 11.9. The summed E-state index contributed by atoms with van der Waals surface area (Å²) in [5.74, 6) is 0. The summed E-state index contributed by atoms with van der Waals surface area (Å²) in [7, 11) is 0. The van der Waals surface area contributed by atoms with Crippen LogP contribution in [0.2, 0.25) is 0 Å². The lowest BCUT2D eigenvalue weighted by Gasteiger charge is -2.15. The largest absolute Gasteiger partial charge is 0.396 e. The fraction of sp³-hybridized carbons (Fsp3) is 0.207. The Morgan fingerprint density at radius 2 is 1.92 bits per heavy atom. The molecule has 5 N–H and O–H groups in total. The molecule has 8 heteroatoms. The van der Waals surface area contributed by atoms with Gasteiger partial charge in [0.05, 0.1) is 22.6 Å². The number of nitrogens with one attached hydrogen (secondary N) is 2. The number of hydrogen-bond donors (Lipinski definition) is 4. The molecule has 0 unspecified atom stereocenters. The van der Waals surface area contributed by atoms with Crippen molar-refractivity contribution >= 4 is 46.9 Å². The number of primary amides is 1. The number of aromatic amines is 1. The van der Waals surface area contributed by atoms with Crippen LogP contribution in [0.1, 0.15) is 44.0 Å². The molecule has 4 aromatic rings. The summed E-state index contributed by atoms with van der Waals surface area (Å²) in [5.41, 5.74) is 9.28. The summed E-state index contributed by atoms with van der Waals surface area (Å²) in [4.78, 5) is 15.2. The van der Waals surface area contributed by atoms with Gasteiger partial charge < -0.3 is 16.2 Å². The van der Waals surface area contributed by atoms with Crippen molar-refractivity contribution in [2.45, 2.75) is 42.4 Å². The second-order valence-electron chi connectivity index (χ2n) is 8.08. The molecule has 0 saturated heterocycles. The number of aliphatic hydroxyl groups excluding tert-OH is 1. The fourth-order valence-corrected chi connectivity index (χ4v) is 4.64. The van der Waals surface area contributed by atoms with Gasteiger partial charge in [0.2, 0.25) is 6.41 Å². The first kappa shape index (κ1) is 27.7. The van der Waals surface area contributed by atoms with Crippen LogP contribution in [-0.2, 0) is 4.79 Å². The Hall–Kier alpha value is -3.88. The van der Waals surface area contributed by atoms with Crippen molar-refractivity contribution < 1.29 is 9.90 Å². The van der Waals surface area contributed by atoms with Crippen molar-refractivity contribution in [3.8, 4) is 0 Å². The minimum absolute atomic E-state index is 0.239. The van der Waals surface area contributed by atoms with Gasteiger partial charge in [-0.25, -0.2) is 0 Å². The molecule has 7 nitrogen and oxygen atoms in total. The smallest absolute Gasteiger partial charge is 0.204 e. The van der Waals surface area contributed by atoms with Crippen molar-refractivity contribution in [3.63, 3.8) is 0 Å². The molecule has 0 saturated carbocycles. The molecule has 2 aromatic carbocycles. The quantitative estimate of drug-likeness (QED) is 0.139. The second-order valence-corrected chi connectivity index (χ2v) is 9.20. The predicted molar refractivity (Wildman–Crippen MR) is 153 cm³/mol. The number of aromatic nitrogens is 3. The maximum atomic E-state index is 9.11. The number of H-pyrrole nitrogens is 1. The maximum absolute atomic E-state index is 9.11. The average Bonchev–Trinajstić information content (AvgIpc) is 3.32. The van der Waals surface area contributed by atoms with Crippen molar-refractivity contribution in [3.05, 3.63) is 90.0 Å². The number of pyridine rings is 1. The number of hydrogen-bond acceptors (Lipinski definition) is 6. The number of nitrogens with two attached hydrogens (primary N) is 1. The van der Waals surface area contributed by atoms with Gasteiger partial charge in [-0.3, -0.25) is 14.9 Å². The number of carbonyl (C=O) groups is 1. The number of carbonyl (C=O) groups excluding carboxylic acids is 1. The SMILES string of the molecule is CCC=C(CCCCO)Nc1ccccc1Sc1ccc2c(/C=C/c3ccccn3)n[nH]c2c1.NC=O. The van der Waals surface area contributed by atoms with E-state index in [1.54, 1.807) is 18.0 Å². The molecular weight excluding hydrogens is 482 g/mol. The third-order valence-electron chi connectivity index (χ3n) is 5.38. The Morgan fingerprint density at radius 3 is 2.68 bits per heavy atom. The molecule has 0 spiro atoms. The molecule has 0 fully saturated rings. The highest BCUT2D eigenvalue weighted by Gasteiger charge is 2.09. The Labute approximate surface area is 221 Å². The summed E-state index contributed by atoms with van der Waals surface area (Å²) in [5, 5.41) is 21.5. The summed E-state index contributed by atoms with van der Waals surface area (Å²) in [6, 6.07) is 20.6. The van der Waals surface area contributed by atoms with E-state index in [0.29, 0.717) is 0 Å². The van der Waals surface area contributed by atoms with E-state index < -0.39 is 0 Å². The van der Waals surface area contributed by atoms with E-state index in [9.17, 15) is 0 Å². The zero-order valence-electron chi connectivity index (χ0n) is 20.9. The first-order valence-electron chi connectivity index (χ1n) is 12.2. The summed E-state index contributed by atoms with van der Waals surface area (Å²) < 4.78 is 0. The van der Waals surface area contributed by atoms with Crippen molar-refractivity contribution in [1.29, 1.82) is 0 Å². The fourth-order valence-electron chi connectivity index (χ4n) is 3.70. The monoisotopic (exact) mass is 515 g/mol. The Balaban J connectivity index is 0.00000121. The summed E-state index contributed by atoms with van der Waals surface area (Å²) in [6.45, 7) is 2.39. The normalized spacial score (nSPS) is 11.4. The van der Waals surface area contributed by atoms with Crippen molar-refractivity contribution in [2.24, 2.45) is 5.73 Å². The lowest BCUT2D eigenvalue weighted by molar-refractivity contribution is -0.106. The average molecular weight is 516 g/mol. The van der Waals surface area contributed by atoms with Crippen LogP contribution in [0.4, 0.5) is 5.69 Å². The first-order chi connectivity index (χ1) is 18.2. The maximum Gasteiger partial charge on any atom is 0.204 e. The highest BCUT2D eigenvalue weighted by atomic mass is 32.2. The molecule has 0 aliphatic rings. The molecule has 0 bridgehead atoms.